The Kier molecular flexibility index (Phi) is 8.62. The average Bonchev–Trinajstić information content (AvgIpc) is 2.46. The van der Waals surface area contributed by atoms with E-state index in [1.165, 1.54) is 25.7 Å². The van der Waals surface area contributed by atoms with Crippen LogP contribution in [0.25, 0.3) is 0 Å². The fourth-order valence-corrected chi connectivity index (χ4v) is 3.98. The molecule has 0 aromatic heterocycles. The van der Waals surface area contributed by atoms with Crippen molar-refractivity contribution in [3.8, 4) is 0 Å². The highest BCUT2D eigenvalue weighted by Gasteiger charge is 2.13. The van der Waals surface area contributed by atoms with Gasteiger partial charge in [-0.15, -0.1) is 0 Å². The second-order valence-corrected chi connectivity index (χ2v) is 7.82. The van der Waals surface area contributed by atoms with Gasteiger partial charge in [0, 0.05) is 0 Å². The molecule has 21 heavy (non-hydrogen) atoms. The Balaban J connectivity index is 2.33. The van der Waals surface area contributed by atoms with Crippen LogP contribution in [0.2, 0.25) is 0 Å². The van der Waals surface area contributed by atoms with E-state index in [-0.39, 0.29) is 18.1 Å². The highest BCUT2D eigenvalue weighted by atomic mass is 32.2. The molecule has 0 bridgehead atoms. The lowest BCUT2D eigenvalue weighted by molar-refractivity contribution is 0.281. The number of aliphatic hydroxyl groups is 1. The minimum atomic E-state index is -3.08. The highest BCUT2D eigenvalue weighted by Crippen LogP contribution is 2.15. The molecule has 0 unspecified atom stereocenters. The third-order valence-corrected chi connectivity index (χ3v) is 5.38. The van der Waals surface area contributed by atoms with E-state index in [0.29, 0.717) is 5.56 Å². The molecular formula is C17H28O3S. The van der Waals surface area contributed by atoms with Crippen LogP contribution in [0, 0.1) is 0 Å². The number of aliphatic hydroxyl groups excluding tert-OH is 1. The molecule has 0 aliphatic heterocycles. The largest absolute Gasteiger partial charge is 0.392 e. The molecule has 0 saturated carbocycles. The second kappa shape index (κ2) is 9.96. The number of sulfone groups is 1. The zero-order valence-corrected chi connectivity index (χ0v) is 13.9. The van der Waals surface area contributed by atoms with E-state index in [9.17, 15) is 13.5 Å². The van der Waals surface area contributed by atoms with E-state index in [4.69, 9.17) is 0 Å². The summed E-state index contributed by atoms with van der Waals surface area (Å²) >= 11 is 0. The number of rotatable bonds is 11. The maximum absolute atomic E-state index is 12.1. The molecule has 4 heteroatoms. The van der Waals surface area contributed by atoms with Gasteiger partial charge < -0.3 is 5.11 Å². The number of hydrogen-bond donors (Lipinski definition) is 1. The first-order chi connectivity index (χ1) is 10.1. The predicted molar refractivity (Wildman–Crippen MR) is 87.8 cm³/mol. The van der Waals surface area contributed by atoms with Gasteiger partial charge in [0.05, 0.1) is 18.1 Å². The van der Waals surface area contributed by atoms with Crippen LogP contribution < -0.4 is 0 Å². The summed E-state index contributed by atoms with van der Waals surface area (Å²) < 4.78 is 24.2. The number of hydrogen-bond acceptors (Lipinski definition) is 3. The van der Waals surface area contributed by atoms with Crippen molar-refractivity contribution < 1.29 is 13.5 Å². The van der Waals surface area contributed by atoms with Gasteiger partial charge in [0.15, 0.2) is 9.84 Å². The Morgan fingerprint density at radius 2 is 1.48 bits per heavy atom. The molecule has 0 aliphatic rings. The van der Waals surface area contributed by atoms with Crippen LogP contribution in [0.15, 0.2) is 24.3 Å². The lowest BCUT2D eigenvalue weighted by Crippen LogP contribution is -2.11. The molecule has 0 aliphatic carbocycles. The van der Waals surface area contributed by atoms with Crippen LogP contribution >= 0.6 is 0 Å². The molecule has 120 valence electrons. The molecule has 0 spiro atoms. The second-order valence-electron chi connectivity index (χ2n) is 5.64. The summed E-state index contributed by atoms with van der Waals surface area (Å²) in [7, 11) is -3.08. The molecule has 1 aromatic rings. The standard InChI is InChI=1S/C17H28O3S/c1-2-3-4-5-6-7-10-13-21(19,20)15-17-12-9-8-11-16(17)14-18/h8-9,11-12,18H,2-7,10,13-15H2,1H3. The summed E-state index contributed by atoms with van der Waals surface area (Å²) in [6.45, 7) is 2.08. The summed E-state index contributed by atoms with van der Waals surface area (Å²) in [6, 6.07) is 7.20. The fraction of sp³-hybridized carbons (Fsp3) is 0.647. The van der Waals surface area contributed by atoms with Crippen molar-refractivity contribution in [2.45, 2.75) is 64.2 Å². The molecular weight excluding hydrogens is 284 g/mol. The fourth-order valence-electron chi connectivity index (χ4n) is 2.44. The zero-order valence-electron chi connectivity index (χ0n) is 13.1. The van der Waals surface area contributed by atoms with Gasteiger partial charge in [0.25, 0.3) is 0 Å². The quantitative estimate of drug-likeness (QED) is 0.632. The predicted octanol–water partition coefficient (Wildman–Crippen LogP) is 3.84. The first-order valence-corrected chi connectivity index (χ1v) is 9.79. The minimum Gasteiger partial charge on any atom is -0.392 e. The van der Waals surface area contributed by atoms with Gasteiger partial charge in [-0.2, -0.15) is 0 Å². The van der Waals surface area contributed by atoms with Crippen LogP contribution in [0.4, 0.5) is 0 Å². The molecule has 1 N–H and O–H groups in total. The number of unbranched alkanes of at least 4 members (excludes halogenated alkanes) is 6. The molecule has 0 saturated heterocycles. The van der Waals surface area contributed by atoms with E-state index in [1.807, 2.05) is 12.1 Å². The first-order valence-electron chi connectivity index (χ1n) is 7.97. The maximum Gasteiger partial charge on any atom is 0.154 e. The Morgan fingerprint density at radius 1 is 0.905 bits per heavy atom. The van der Waals surface area contributed by atoms with E-state index in [0.717, 1.165) is 24.8 Å². The molecule has 1 aromatic carbocycles. The van der Waals surface area contributed by atoms with Crippen molar-refractivity contribution in [2.75, 3.05) is 5.75 Å². The maximum atomic E-state index is 12.1. The summed E-state index contributed by atoms with van der Waals surface area (Å²) in [5.41, 5.74) is 1.43. The Morgan fingerprint density at radius 3 is 2.10 bits per heavy atom. The van der Waals surface area contributed by atoms with E-state index >= 15 is 0 Å². The summed E-state index contributed by atoms with van der Waals surface area (Å²) in [4.78, 5) is 0. The van der Waals surface area contributed by atoms with Gasteiger partial charge in [0.1, 0.15) is 0 Å². The minimum absolute atomic E-state index is 0.0412. The van der Waals surface area contributed by atoms with Gasteiger partial charge in [-0.25, -0.2) is 8.42 Å². The SMILES string of the molecule is CCCCCCCCCS(=O)(=O)Cc1ccccc1CO. The summed E-state index contributed by atoms with van der Waals surface area (Å²) in [6.07, 6.45) is 7.84. The van der Waals surface area contributed by atoms with Crippen LogP contribution in [-0.4, -0.2) is 19.3 Å². The molecule has 0 fully saturated rings. The van der Waals surface area contributed by atoms with Gasteiger partial charge in [-0.1, -0.05) is 69.7 Å². The Bertz CT molecular complexity index is 495. The summed E-state index contributed by atoms with van der Waals surface area (Å²) in [5.74, 6) is 0.292. The van der Waals surface area contributed by atoms with Crippen LogP contribution in [0.3, 0.4) is 0 Å². The average molecular weight is 312 g/mol. The summed E-state index contributed by atoms with van der Waals surface area (Å²) in [5, 5.41) is 9.24. The van der Waals surface area contributed by atoms with Gasteiger partial charge in [0.2, 0.25) is 0 Å². The van der Waals surface area contributed by atoms with Gasteiger partial charge >= 0.3 is 0 Å². The van der Waals surface area contributed by atoms with E-state index in [1.54, 1.807) is 12.1 Å². The lowest BCUT2D eigenvalue weighted by atomic mass is 10.1. The normalized spacial score (nSPS) is 11.7. The van der Waals surface area contributed by atoms with E-state index < -0.39 is 9.84 Å². The Hall–Kier alpha value is -0.870. The lowest BCUT2D eigenvalue weighted by Gasteiger charge is -2.08. The molecule has 0 amide bonds. The van der Waals surface area contributed by atoms with Gasteiger partial charge in [-0.05, 0) is 17.5 Å². The van der Waals surface area contributed by atoms with Crippen molar-refractivity contribution in [1.29, 1.82) is 0 Å². The molecule has 0 atom stereocenters. The molecule has 3 nitrogen and oxygen atoms in total. The van der Waals surface area contributed by atoms with Crippen molar-refractivity contribution >= 4 is 9.84 Å². The van der Waals surface area contributed by atoms with Crippen molar-refractivity contribution in [3.05, 3.63) is 35.4 Å². The third kappa shape index (κ3) is 7.63. The first kappa shape index (κ1) is 18.2. The van der Waals surface area contributed by atoms with Crippen LogP contribution in [0.1, 0.15) is 63.0 Å². The van der Waals surface area contributed by atoms with Crippen LogP contribution in [0.5, 0.6) is 0 Å². The third-order valence-electron chi connectivity index (χ3n) is 3.72. The zero-order chi connectivity index (χ0) is 15.6. The highest BCUT2D eigenvalue weighted by molar-refractivity contribution is 7.90. The van der Waals surface area contributed by atoms with Crippen molar-refractivity contribution in [2.24, 2.45) is 0 Å². The number of benzene rings is 1. The smallest absolute Gasteiger partial charge is 0.154 e. The molecule has 1 rings (SSSR count). The Labute approximate surface area is 129 Å². The van der Waals surface area contributed by atoms with Crippen molar-refractivity contribution in [1.82, 2.24) is 0 Å². The molecule has 0 radical (unpaired) electrons. The van der Waals surface area contributed by atoms with Crippen molar-refractivity contribution in [3.63, 3.8) is 0 Å². The van der Waals surface area contributed by atoms with E-state index in [2.05, 4.69) is 6.92 Å². The van der Waals surface area contributed by atoms with Gasteiger partial charge in [-0.3, -0.25) is 0 Å². The topological polar surface area (TPSA) is 54.4 Å². The monoisotopic (exact) mass is 312 g/mol. The van der Waals surface area contributed by atoms with Crippen LogP contribution in [-0.2, 0) is 22.2 Å². The molecule has 0 heterocycles.